The molecule has 1 saturated carbocycles. The molecule has 0 spiro atoms. The number of hydrogen-bond acceptors (Lipinski definition) is 3. The molecule has 2 N–H and O–H groups in total. The summed E-state index contributed by atoms with van der Waals surface area (Å²) in [5, 5.41) is 6.16. The van der Waals surface area contributed by atoms with Crippen molar-refractivity contribution >= 4 is 34.8 Å². The van der Waals surface area contributed by atoms with Crippen molar-refractivity contribution in [3.8, 4) is 5.75 Å². The highest BCUT2D eigenvalue weighted by molar-refractivity contribution is 6.32. The Kier molecular flexibility index (Phi) is 5.16. The van der Waals surface area contributed by atoms with Gasteiger partial charge in [0.25, 0.3) is 0 Å². The number of hydrogen-bond donors (Lipinski definition) is 2. The van der Waals surface area contributed by atoms with E-state index in [0.29, 0.717) is 29.3 Å². The Bertz CT molecular complexity index is 897. The van der Waals surface area contributed by atoms with Crippen LogP contribution >= 0.6 is 11.6 Å². The zero-order valence-corrected chi connectivity index (χ0v) is 16.7. The fraction of sp³-hybridized carbons (Fsp3) is 0.333. The van der Waals surface area contributed by atoms with Crippen LogP contribution in [0.3, 0.4) is 0 Å². The smallest absolute Gasteiger partial charge is 0.240 e. The van der Waals surface area contributed by atoms with E-state index in [1.807, 2.05) is 32.9 Å². The van der Waals surface area contributed by atoms with E-state index in [2.05, 4.69) is 10.6 Å². The van der Waals surface area contributed by atoms with E-state index in [1.165, 1.54) is 7.11 Å². The standard InChI is InChI=1S/C21H23ClN2O3/c1-12-9-13(2)18(14(3)10-12)24-20(26)21(7-8-21)19(25)23-15-5-6-17(27-4)16(22)11-15/h5-6,9-11H,7-8H2,1-4H3,(H,23,25)(H,24,26). The van der Waals surface area contributed by atoms with E-state index in [-0.39, 0.29) is 11.8 Å². The van der Waals surface area contributed by atoms with E-state index in [4.69, 9.17) is 16.3 Å². The van der Waals surface area contributed by atoms with Gasteiger partial charge in [-0.2, -0.15) is 0 Å². The molecule has 0 saturated heterocycles. The summed E-state index contributed by atoms with van der Waals surface area (Å²) in [5.74, 6) is -0.0582. The van der Waals surface area contributed by atoms with Crippen LogP contribution in [-0.4, -0.2) is 18.9 Å². The highest BCUT2D eigenvalue weighted by Crippen LogP contribution is 2.48. The van der Waals surface area contributed by atoms with Gasteiger partial charge in [-0.05, 0) is 62.9 Å². The lowest BCUT2D eigenvalue weighted by Gasteiger charge is -2.18. The van der Waals surface area contributed by atoms with E-state index < -0.39 is 5.41 Å². The van der Waals surface area contributed by atoms with Crippen molar-refractivity contribution in [3.05, 3.63) is 52.0 Å². The Morgan fingerprint density at radius 1 is 1.00 bits per heavy atom. The number of carbonyl (C=O) groups is 2. The molecular formula is C21H23ClN2O3. The van der Waals surface area contributed by atoms with E-state index in [1.54, 1.807) is 18.2 Å². The summed E-state index contributed by atoms with van der Waals surface area (Å²) in [5.41, 5.74) is 3.39. The van der Waals surface area contributed by atoms with Gasteiger partial charge in [-0.1, -0.05) is 29.3 Å². The number of halogens is 1. The number of benzene rings is 2. The minimum atomic E-state index is -1.03. The fourth-order valence-electron chi connectivity index (χ4n) is 3.29. The summed E-state index contributed by atoms with van der Waals surface area (Å²) in [6.45, 7) is 5.92. The first-order valence-electron chi connectivity index (χ1n) is 8.81. The van der Waals surface area contributed by atoms with Gasteiger partial charge in [-0.3, -0.25) is 9.59 Å². The van der Waals surface area contributed by atoms with Gasteiger partial charge in [0, 0.05) is 11.4 Å². The summed E-state index contributed by atoms with van der Waals surface area (Å²) in [7, 11) is 1.53. The molecule has 0 aliphatic heterocycles. The molecule has 142 valence electrons. The van der Waals surface area contributed by atoms with Crippen LogP contribution in [0.25, 0.3) is 0 Å². The van der Waals surface area contributed by atoms with Gasteiger partial charge < -0.3 is 15.4 Å². The molecule has 0 heterocycles. The maximum atomic E-state index is 12.9. The predicted octanol–water partition coefficient (Wildman–Crippen LogP) is 4.63. The number of ether oxygens (including phenoxy) is 1. The van der Waals surface area contributed by atoms with Crippen molar-refractivity contribution in [3.63, 3.8) is 0 Å². The van der Waals surface area contributed by atoms with Crippen LogP contribution in [0.2, 0.25) is 5.02 Å². The van der Waals surface area contributed by atoms with Crippen molar-refractivity contribution in [2.24, 2.45) is 5.41 Å². The van der Waals surface area contributed by atoms with Crippen molar-refractivity contribution < 1.29 is 14.3 Å². The Balaban J connectivity index is 1.75. The first-order valence-corrected chi connectivity index (χ1v) is 9.19. The minimum absolute atomic E-state index is 0.269. The van der Waals surface area contributed by atoms with E-state index in [0.717, 1.165) is 22.4 Å². The Hall–Kier alpha value is -2.53. The lowest BCUT2D eigenvalue weighted by atomic mass is 10.0. The van der Waals surface area contributed by atoms with Crippen molar-refractivity contribution in [1.29, 1.82) is 0 Å². The molecular weight excluding hydrogens is 364 g/mol. The first kappa shape index (κ1) is 19.2. The minimum Gasteiger partial charge on any atom is -0.495 e. The highest BCUT2D eigenvalue weighted by atomic mass is 35.5. The van der Waals surface area contributed by atoms with E-state index >= 15 is 0 Å². The van der Waals surface area contributed by atoms with Crippen molar-refractivity contribution in [2.45, 2.75) is 33.6 Å². The number of amides is 2. The molecule has 2 aromatic carbocycles. The molecule has 0 radical (unpaired) electrons. The number of aryl methyl sites for hydroxylation is 3. The van der Waals surface area contributed by atoms with Crippen LogP contribution in [-0.2, 0) is 9.59 Å². The molecule has 0 unspecified atom stereocenters. The lowest BCUT2D eigenvalue weighted by molar-refractivity contribution is -0.131. The highest BCUT2D eigenvalue weighted by Gasteiger charge is 2.56. The maximum absolute atomic E-state index is 12.9. The van der Waals surface area contributed by atoms with Gasteiger partial charge in [0.05, 0.1) is 12.1 Å². The molecule has 0 bridgehead atoms. The van der Waals surface area contributed by atoms with Crippen LogP contribution in [0.15, 0.2) is 30.3 Å². The number of rotatable bonds is 5. The lowest BCUT2D eigenvalue weighted by Crippen LogP contribution is -2.36. The second-order valence-electron chi connectivity index (χ2n) is 7.11. The Labute approximate surface area is 164 Å². The molecule has 0 aromatic heterocycles. The first-order chi connectivity index (χ1) is 12.8. The Morgan fingerprint density at radius 3 is 2.11 bits per heavy atom. The molecule has 2 aromatic rings. The maximum Gasteiger partial charge on any atom is 0.240 e. The van der Waals surface area contributed by atoms with Gasteiger partial charge in [-0.25, -0.2) is 0 Å². The predicted molar refractivity (Wildman–Crippen MR) is 108 cm³/mol. The normalized spacial score (nSPS) is 14.4. The third-order valence-electron chi connectivity index (χ3n) is 4.94. The average Bonchev–Trinajstić information content (AvgIpc) is 3.40. The number of methoxy groups -OCH3 is 1. The molecule has 0 atom stereocenters. The quantitative estimate of drug-likeness (QED) is 0.736. The van der Waals surface area contributed by atoms with Gasteiger partial charge in [0.15, 0.2) is 0 Å². The summed E-state index contributed by atoms with van der Waals surface area (Å²) < 4.78 is 5.11. The van der Waals surface area contributed by atoms with Crippen LogP contribution < -0.4 is 15.4 Å². The van der Waals surface area contributed by atoms with Crippen LogP contribution in [0, 0.1) is 26.2 Å². The van der Waals surface area contributed by atoms with Crippen LogP contribution in [0.4, 0.5) is 11.4 Å². The Morgan fingerprint density at radius 2 is 1.59 bits per heavy atom. The van der Waals surface area contributed by atoms with Crippen molar-refractivity contribution in [2.75, 3.05) is 17.7 Å². The van der Waals surface area contributed by atoms with Crippen molar-refractivity contribution in [1.82, 2.24) is 0 Å². The molecule has 1 fully saturated rings. The molecule has 2 amide bonds. The SMILES string of the molecule is COc1ccc(NC(=O)C2(C(=O)Nc3c(C)cc(C)cc3C)CC2)cc1Cl. The zero-order chi connectivity index (χ0) is 19.8. The summed E-state index contributed by atoms with van der Waals surface area (Å²) in [6.07, 6.45) is 1.05. The van der Waals surface area contributed by atoms with Crippen LogP contribution in [0.1, 0.15) is 29.5 Å². The summed E-state index contributed by atoms with van der Waals surface area (Å²) >= 11 is 6.10. The third-order valence-corrected chi connectivity index (χ3v) is 5.24. The average molecular weight is 387 g/mol. The topological polar surface area (TPSA) is 67.4 Å². The second kappa shape index (κ2) is 7.24. The molecule has 3 rings (SSSR count). The molecule has 5 nitrogen and oxygen atoms in total. The van der Waals surface area contributed by atoms with Gasteiger partial charge >= 0.3 is 0 Å². The van der Waals surface area contributed by atoms with Gasteiger partial charge in [-0.15, -0.1) is 0 Å². The van der Waals surface area contributed by atoms with E-state index in [9.17, 15) is 9.59 Å². The van der Waals surface area contributed by atoms with Crippen LogP contribution in [0.5, 0.6) is 5.75 Å². The van der Waals surface area contributed by atoms with Gasteiger partial charge in [0.1, 0.15) is 11.2 Å². The molecule has 27 heavy (non-hydrogen) atoms. The summed E-state index contributed by atoms with van der Waals surface area (Å²) in [4.78, 5) is 25.6. The monoisotopic (exact) mass is 386 g/mol. The largest absolute Gasteiger partial charge is 0.495 e. The number of nitrogens with one attached hydrogen (secondary N) is 2. The zero-order valence-electron chi connectivity index (χ0n) is 15.9. The van der Waals surface area contributed by atoms with Gasteiger partial charge in [0.2, 0.25) is 11.8 Å². The molecule has 1 aliphatic carbocycles. The fourth-order valence-corrected chi connectivity index (χ4v) is 3.55. The third kappa shape index (κ3) is 3.78. The molecule has 1 aliphatic rings. The summed E-state index contributed by atoms with van der Waals surface area (Å²) in [6, 6.07) is 9.02. The second-order valence-corrected chi connectivity index (χ2v) is 7.52. The number of carbonyl (C=O) groups excluding carboxylic acids is 2. The number of anilines is 2. The molecule has 6 heteroatoms.